The van der Waals surface area contributed by atoms with Gasteiger partial charge in [-0.2, -0.15) is 0 Å². The Morgan fingerprint density at radius 3 is 2.61 bits per heavy atom. The minimum Gasteiger partial charge on any atom is -0.478 e. The Hall–Kier alpha value is -1.29. The highest BCUT2D eigenvalue weighted by molar-refractivity contribution is 5.89. The van der Waals surface area contributed by atoms with E-state index in [9.17, 15) is 4.79 Å². The van der Waals surface area contributed by atoms with Crippen LogP contribution in [0, 0.1) is 13.8 Å². The molecule has 2 rings (SSSR count). The Morgan fingerprint density at radius 2 is 2.17 bits per heavy atom. The third-order valence-electron chi connectivity index (χ3n) is 4.07. The number of nitrogens with zero attached hydrogens (tertiary/aromatic N) is 2. The molecule has 100 valence electrons. The molecule has 0 amide bonds. The van der Waals surface area contributed by atoms with Crippen molar-refractivity contribution in [2.45, 2.75) is 52.2 Å². The van der Waals surface area contributed by atoms with E-state index < -0.39 is 5.97 Å². The smallest absolute Gasteiger partial charge is 0.337 e. The van der Waals surface area contributed by atoms with Gasteiger partial charge in [0.05, 0.1) is 5.56 Å². The van der Waals surface area contributed by atoms with E-state index in [4.69, 9.17) is 5.11 Å². The fourth-order valence-electron chi connectivity index (χ4n) is 2.53. The van der Waals surface area contributed by atoms with Crippen molar-refractivity contribution in [2.24, 2.45) is 0 Å². The van der Waals surface area contributed by atoms with Crippen molar-refractivity contribution in [1.82, 2.24) is 9.47 Å². The number of aryl methyl sites for hydroxylation is 1. The Morgan fingerprint density at radius 1 is 1.56 bits per heavy atom. The Kier molecular flexibility index (Phi) is 3.48. The molecular weight excluding hydrogens is 228 g/mol. The number of carboxylic acid groups (broad SMARTS) is 1. The first-order valence-electron chi connectivity index (χ1n) is 6.53. The molecular formula is C14H22N2O2. The molecule has 0 radical (unpaired) electrons. The fraction of sp³-hybridized carbons (Fsp3) is 0.643. The van der Waals surface area contributed by atoms with Crippen molar-refractivity contribution in [3.63, 3.8) is 0 Å². The lowest BCUT2D eigenvalue weighted by Crippen LogP contribution is -2.35. The number of aromatic carboxylic acids is 1. The molecule has 1 N–H and O–H groups in total. The zero-order valence-electron chi connectivity index (χ0n) is 11.6. The molecule has 1 saturated carbocycles. The summed E-state index contributed by atoms with van der Waals surface area (Å²) >= 11 is 0. The van der Waals surface area contributed by atoms with Crippen LogP contribution in [0.25, 0.3) is 0 Å². The van der Waals surface area contributed by atoms with Crippen LogP contribution in [-0.2, 0) is 6.54 Å². The van der Waals surface area contributed by atoms with Crippen LogP contribution in [0.2, 0.25) is 0 Å². The van der Waals surface area contributed by atoms with Gasteiger partial charge in [0.25, 0.3) is 0 Å². The summed E-state index contributed by atoms with van der Waals surface area (Å²) in [5.41, 5.74) is 2.31. The van der Waals surface area contributed by atoms with Gasteiger partial charge in [0.2, 0.25) is 0 Å². The number of rotatable bonds is 5. The molecule has 0 bridgehead atoms. The van der Waals surface area contributed by atoms with Gasteiger partial charge in [-0.25, -0.2) is 4.79 Å². The topological polar surface area (TPSA) is 45.5 Å². The van der Waals surface area contributed by atoms with Gasteiger partial charge in [0, 0.05) is 30.0 Å². The largest absolute Gasteiger partial charge is 0.478 e. The lowest BCUT2D eigenvalue weighted by atomic mass is 10.2. The average Bonchev–Trinajstić information content (AvgIpc) is 3.10. The van der Waals surface area contributed by atoms with Crippen LogP contribution in [0.15, 0.2) is 6.07 Å². The van der Waals surface area contributed by atoms with E-state index in [1.807, 2.05) is 13.8 Å². The quantitative estimate of drug-likeness (QED) is 0.872. The first-order chi connectivity index (χ1) is 8.41. The molecule has 4 heteroatoms. The van der Waals surface area contributed by atoms with Crippen LogP contribution in [0.3, 0.4) is 0 Å². The van der Waals surface area contributed by atoms with Gasteiger partial charge in [-0.1, -0.05) is 0 Å². The van der Waals surface area contributed by atoms with E-state index in [-0.39, 0.29) is 0 Å². The van der Waals surface area contributed by atoms with Gasteiger partial charge < -0.3 is 9.67 Å². The summed E-state index contributed by atoms with van der Waals surface area (Å²) in [5.74, 6) is -0.836. The van der Waals surface area contributed by atoms with E-state index in [2.05, 4.69) is 23.4 Å². The predicted molar refractivity (Wildman–Crippen MR) is 71.1 cm³/mol. The van der Waals surface area contributed by atoms with Gasteiger partial charge >= 0.3 is 5.97 Å². The minimum absolute atomic E-state index is 0.425. The van der Waals surface area contributed by atoms with Gasteiger partial charge in [0.1, 0.15) is 0 Å². The number of aromatic nitrogens is 1. The number of hydrogen-bond donors (Lipinski definition) is 1. The Labute approximate surface area is 108 Å². The van der Waals surface area contributed by atoms with E-state index in [0.29, 0.717) is 11.6 Å². The van der Waals surface area contributed by atoms with Crippen LogP contribution < -0.4 is 0 Å². The number of likely N-dealkylation sites (N-methyl/N-ethyl adjacent to an activating group) is 1. The van der Waals surface area contributed by atoms with E-state index in [1.165, 1.54) is 12.8 Å². The second kappa shape index (κ2) is 4.76. The van der Waals surface area contributed by atoms with Gasteiger partial charge in [-0.05, 0) is 46.7 Å². The van der Waals surface area contributed by atoms with E-state index in [1.54, 1.807) is 6.07 Å². The lowest BCUT2D eigenvalue weighted by molar-refractivity contribution is 0.0696. The average molecular weight is 250 g/mol. The van der Waals surface area contributed by atoms with E-state index in [0.717, 1.165) is 24.0 Å². The van der Waals surface area contributed by atoms with Crippen molar-refractivity contribution in [1.29, 1.82) is 0 Å². The standard InChI is InChI=1S/C14H22N2O2/c1-9-7-13(14(17)18)11(3)16(9)8-10(2)15(4)12-5-6-12/h7,10,12H,5-6,8H2,1-4H3,(H,17,18). The summed E-state index contributed by atoms with van der Waals surface area (Å²) in [6, 6.07) is 2.93. The van der Waals surface area contributed by atoms with Crippen LogP contribution in [0.4, 0.5) is 0 Å². The summed E-state index contributed by atoms with van der Waals surface area (Å²) in [6.45, 7) is 6.93. The summed E-state index contributed by atoms with van der Waals surface area (Å²) in [7, 11) is 2.16. The summed E-state index contributed by atoms with van der Waals surface area (Å²) in [6.07, 6.45) is 2.59. The lowest BCUT2D eigenvalue weighted by Gasteiger charge is -2.26. The molecule has 1 heterocycles. The first-order valence-corrected chi connectivity index (χ1v) is 6.53. The predicted octanol–water partition coefficient (Wildman–Crippen LogP) is 2.29. The molecule has 0 aromatic carbocycles. The summed E-state index contributed by atoms with van der Waals surface area (Å²) in [4.78, 5) is 13.5. The van der Waals surface area contributed by atoms with Crippen molar-refractivity contribution >= 4 is 5.97 Å². The second-order valence-corrected chi connectivity index (χ2v) is 5.45. The van der Waals surface area contributed by atoms with Crippen molar-refractivity contribution in [3.8, 4) is 0 Å². The SMILES string of the molecule is Cc1cc(C(=O)O)c(C)n1CC(C)N(C)C1CC1. The first kappa shape index (κ1) is 13.1. The molecule has 1 aromatic rings. The van der Waals surface area contributed by atoms with Gasteiger partial charge in [0.15, 0.2) is 0 Å². The highest BCUT2D eigenvalue weighted by Gasteiger charge is 2.29. The molecule has 4 nitrogen and oxygen atoms in total. The normalized spacial score (nSPS) is 17.2. The van der Waals surface area contributed by atoms with Crippen molar-refractivity contribution in [3.05, 3.63) is 23.0 Å². The molecule has 0 saturated heterocycles. The Balaban J connectivity index is 2.15. The zero-order valence-corrected chi connectivity index (χ0v) is 11.6. The molecule has 0 spiro atoms. The molecule has 1 fully saturated rings. The highest BCUT2D eigenvalue weighted by atomic mass is 16.4. The van der Waals surface area contributed by atoms with Crippen LogP contribution >= 0.6 is 0 Å². The monoisotopic (exact) mass is 250 g/mol. The van der Waals surface area contributed by atoms with Gasteiger partial charge in [-0.15, -0.1) is 0 Å². The molecule has 0 aliphatic heterocycles. The molecule has 18 heavy (non-hydrogen) atoms. The maximum atomic E-state index is 11.1. The molecule has 1 aliphatic rings. The molecule has 1 unspecified atom stereocenters. The fourth-order valence-corrected chi connectivity index (χ4v) is 2.53. The number of carbonyl (C=O) groups is 1. The van der Waals surface area contributed by atoms with Crippen LogP contribution in [0.1, 0.15) is 41.5 Å². The molecule has 1 aliphatic carbocycles. The second-order valence-electron chi connectivity index (χ2n) is 5.45. The van der Waals surface area contributed by atoms with Crippen LogP contribution in [0.5, 0.6) is 0 Å². The third-order valence-corrected chi connectivity index (χ3v) is 4.07. The summed E-state index contributed by atoms with van der Waals surface area (Å²) in [5, 5.41) is 9.12. The molecule has 1 aromatic heterocycles. The maximum absolute atomic E-state index is 11.1. The number of hydrogen-bond acceptors (Lipinski definition) is 2. The minimum atomic E-state index is -0.836. The third kappa shape index (κ3) is 2.43. The number of carboxylic acids is 1. The van der Waals surface area contributed by atoms with Crippen molar-refractivity contribution < 1.29 is 9.90 Å². The van der Waals surface area contributed by atoms with Gasteiger partial charge in [-0.3, -0.25) is 4.90 Å². The molecule has 1 atom stereocenters. The highest BCUT2D eigenvalue weighted by Crippen LogP contribution is 2.27. The maximum Gasteiger partial charge on any atom is 0.337 e. The Bertz CT molecular complexity index is 461. The van der Waals surface area contributed by atoms with E-state index >= 15 is 0 Å². The van der Waals surface area contributed by atoms with Crippen molar-refractivity contribution in [2.75, 3.05) is 7.05 Å². The van der Waals surface area contributed by atoms with Crippen LogP contribution in [-0.4, -0.2) is 39.7 Å². The summed E-state index contributed by atoms with van der Waals surface area (Å²) < 4.78 is 2.12. The zero-order chi connectivity index (χ0) is 13.4.